The Hall–Kier alpha value is -0.340. The lowest BCUT2D eigenvalue weighted by Gasteiger charge is -2.24. The quantitative estimate of drug-likeness (QED) is 0.740. The second-order valence-electron chi connectivity index (χ2n) is 4.80. The fourth-order valence-electron chi connectivity index (χ4n) is 2.66. The molecule has 2 rings (SSSR count). The largest absolute Gasteiger partial charge is 0.375 e. The zero-order valence-electron chi connectivity index (χ0n) is 10.1. The van der Waals surface area contributed by atoms with Crippen molar-refractivity contribution < 1.29 is 4.74 Å². The van der Waals surface area contributed by atoms with E-state index in [1.807, 2.05) is 0 Å². The Balaban J connectivity index is 2.19. The Morgan fingerprint density at radius 3 is 2.19 bits per heavy atom. The van der Waals surface area contributed by atoms with E-state index >= 15 is 0 Å². The summed E-state index contributed by atoms with van der Waals surface area (Å²) in [7, 11) is 0. The van der Waals surface area contributed by atoms with E-state index in [2.05, 4.69) is 67.0 Å². The third-order valence-electron chi connectivity index (χ3n) is 3.77. The van der Waals surface area contributed by atoms with Crippen molar-refractivity contribution in [3.8, 4) is 0 Å². The number of rotatable bonds is 2. The molecule has 1 aromatic rings. The lowest BCUT2D eigenvalue weighted by atomic mass is 9.84. The summed E-state index contributed by atoms with van der Waals surface area (Å²) in [6, 6.07) is 10.6. The van der Waals surface area contributed by atoms with Gasteiger partial charge < -0.3 is 4.74 Å². The molecule has 1 nitrogen and oxygen atoms in total. The predicted molar refractivity (Wildman–Crippen MR) is 70.8 cm³/mol. The summed E-state index contributed by atoms with van der Waals surface area (Å²) in [5, 5.41) is 0. The Morgan fingerprint density at radius 1 is 1.06 bits per heavy atom. The molecule has 2 heteroatoms. The highest BCUT2D eigenvalue weighted by atomic mass is 79.9. The molecule has 5 atom stereocenters. The van der Waals surface area contributed by atoms with Crippen molar-refractivity contribution in [2.24, 2.45) is 11.8 Å². The van der Waals surface area contributed by atoms with E-state index < -0.39 is 0 Å². The van der Waals surface area contributed by atoms with Crippen LogP contribution in [0.3, 0.4) is 0 Å². The average Bonchev–Trinajstić information content (AvgIpc) is 2.54. The molecular weight excluding hydrogens is 264 g/mol. The van der Waals surface area contributed by atoms with E-state index in [1.54, 1.807) is 0 Å². The van der Waals surface area contributed by atoms with Gasteiger partial charge in [0.15, 0.2) is 0 Å². The number of alkyl halides is 1. The fraction of sp³-hybridized carbons (Fsp3) is 0.571. The van der Waals surface area contributed by atoms with Crippen molar-refractivity contribution in [1.82, 2.24) is 0 Å². The minimum absolute atomic E-state index is 0.328. The molecule has 0 spiro atoms. The van der Waals surface area contributed by atoms with Gasteiger partial charge in [-0.05, 0) is 25.3 Å². The van der Waals surface area contributed by atoms with Gasteiger partial charge in [0, 0.05) is 10.7 Å². The van der Waals surface area contributed by atoms with E-state index in [9.17, 15) is 0 Å². The van der Waals surface area contributed by atoms with Crippen LogP contribution in [-0.4, -0.2) is 12.2 Å². The van der Waals surface area contributed by atoms with Crippen LogP contribution < -0.4 is 0 Å². The van der Waals surface area contributed by atoms with Crippen LogP contribution in [0.25, 0.3) is 0 Å². The van der Waals surface area contributed by atoms with Crippen LogP contribution in [0, 0.1) is 11.8 Å². The van der Waals surface area contributed by atoms with Crippen LogP contribution >= 0.6 is 15.9 Å². The first-order chi connectivity index (χ1) is 7.61. The maximum atomic E-state index is 5.90. The smallest absolute Gasteiger partial charge is 0.0596 e. The second-order valence-corrected chi connectivity index (χ2v) is 5.78. The summed E-state index contributed by atoms with van der Waals surface area (Å²) in [5.74, 6) is 1.15. The summed E-state index contributed by atoms with van der Waals surface area (Å²) in [5.41, 5.74) is 1.35. The van der Waals surface area contributed by atoms with Crippen molar-refractivity contribution in [2.45, 2.75) is 37.8 Å². The first-order valence-corrected chi connectivity index (χ1v) is 6.87. The molecule has 1 aromatic carbocycles. The Kier molecular flexibility index (Phi) is 3.70. The lowest BCUT2D eigenvalue weighted by Crippen LogP contribution is -2.21. The van der Waals surface area contributed by atoms with Gasteiger partial charge in [-0.1, -0.05) is 53.2 Å². The molecule has 1 aliphatic rings. The molecule has 0 radical (unpaired) electrons. The molecule has 88 valence electrons. The highest BCUT2D eigenvalue weighted by molar-refractivity contribution is 9.09. The predicted octanol–water partition coefficient (Wildman–Crippen LogP) is 4.18. The molecule has 0 aliphatic carbocycles. The van der Waals surface area contributed by atoms with Crippen LogP contribution in [0.1, 0.15) is 31.2 Å². The number of hydrogen-bond acceptors (Lipinski definition) is 1. The van der Waals surface area contributed by atoms with E-state index in [1.165, 1.54) is 5.56 Å². The van der Waals surface area contributed by atoms with Crippen molar-refractivity contribution >= 4 is 15.9 Å². The number of benzene rings is 1. The first kappa shape index (κ1) is 12.1. The average molecular weight is 283 g/mol. The maximum Gasteiger partial charge on any atom is 0.0596 e. The molecule has 5 unspecified atom stereocenters. The van der Waals surface area contributed by atoms with Gasteiger partial charge in [-0.25, -0.2) is 0 Å². The van der Waals surface area contributed by atoms with Crippen molar-refractivity contribution in [1.29, 1.82) is 0 Å². The fourth-order valence-corrected chi connectivity index (χ4v) is 3.87. The molecule has 0 N–H and O–H groups in total. The van der Waals surface area contributed by atoms with E-state index in [-0.39, 0.29) is 0 Å². The van der Waals surface area contributed by atoms with Crippen LogP contribution in [0.4, 0.5) is 0 Å². The summed E-state index contributed by atoms with van der Waals surface area (Å²) in [4.78, 5) is 0.392. The van der Waals surface area contributed by atoms with Crippen molar-refractivity contribution in [3.63, 3.8) is 0 Å². The molecular formula is C14H19BrO. The monoisotopic (exact) mass is 282 g/mol. The molecule has 0 saturated carbocycles. The van der Waals surface area contributed by atoms with Gasteiger partial charge in [0.25, 0.3) is 0 Å². The molecule has 0 aromatic heterocycles. The van der Waals surface area contributed by atoms with Crippen molar-refractivity contribution in [3.05, 3.63) is 35.9 Å². The number of ether oxygens (including phenoxy) is 1. The van der Waals surface area contributed by atoms with E-state index in [4.69, 9.17) is 4.74 Å². The Morgan fingerprint density at radius 2 is 1.69 bits per heavy atom. The van der Waals surface area contributed by atoms with Gasteiger partial charge in [0.1, 0.15) is 0 Å². The zero-order valence-corrected chi connectivity index (χ0v) is 11.6. The Labute approximate surface area is 106 Å². The molecule has 16 heavy (non-hydrogen) atoms. The van der Waals surface area contributed by atoms with Gasteiger partial charge in [-0.2, -0.15) is 0 Å². The summed E-state index contributed by atoms with van der Waals surface area (Å²) in [6.07, 6.45) is 0.693. The molecule has 1 aliphatic heterocycles. The van der Waals surface area contributed by atoms with Crippen LogP contribution in [0.5, 0.6) is 0 Å². The standard InChI is InChI=1S/C14H19BrO/c1-9-10(2)16-11(3)13(9)14(15)12-7-5-4-6-8-12/h4-11,13-14H,1-3H3. The van der Waals surface area contributed by atoms with E-state index in [0.29, 0.717) is 28.9 Å². The van der Waals surface area contributed by atoms with Crippen LogP contribution in [-0.2, 0) is 4.74 Å². The maximum absolute atomic E-state index is 5.90. The molecule has 0 amide bonds. The van der Waals surface area contributed by atoms with Crippen molar-refractivity contribution in [2.75, 3.05) is 0 Å². The molecule has 1 saturated heterocycles. The van der Waals surface area contributed by atoms with E-state index in [0.717, 1.165) is 0 Å². The second kappa shape index (κ2) is 4.89. The third-order valence-corrected chi connectivity index (χ3v) is 4.91. The summed E-state index contributed by atoms with van der Waals surface area (Å²) in [6.45, 7) is 6.64. The highest BCUT2D eigenvalue weighted by Crippen LogP contribution is 2.44. The third kappa shape index (κ3) is 2.18. The molecule has 1 fully saturated rings. The van der Waals surface area contributed by atoms with Crippen LogP contribution in [0.15, 0.2) is 30.3 Å². The van der Waals surface area contributed by atoms with Gasteiger partial charge >= 0.3 is 0 Å². The Bertz CT molecular complexity index is 338. The van der Waals surface area contributed by atoms with Gasteiger partial charge in [0.05, 0.1) is 12.2 Å². The van der Waals surface area contributed by atoms with Gasteiger partial charge in [0.2, 0.25) is 0 Å². The lowest BCUT2D eigenvalue weighted by molar-refractivity contribution is 0.0511. The van der Waals surface area contributed by atoms with Gasteiger partial charge in [-0.15, -0.1) is 0 Å². The SMILES string of the molecule is CC1OC(C)C(C(Br)c2ccccc2)C1C. The highest BCUT2D eigenvalue weighted by Gasteiger charge is 2.41. The summed E-state index contributed by atoms with van der Waals surface area (Å²) < 4.78 is 5.90. The first-order valence-electron chi connectivity index (χ1n) is 5.95. The zero-order chi connectivity index (χ0) is 11.7. The topological polar surface area (TPSA) is 9.23 Å². The number of halogens is 1. The number of hydrogen-bond donors (Lipinski definition) is 0. The molecule has 0 bridgehead atoms. The summed E-state index contributed by atoms with van der Waals surface area (Å²) >= 11 is 3.84. The van der Waals surface area contributed by atoms with Gasteiger partial charge in [-0.3, -0.25) is 0 Å². The normalized spacial score (nSPS) is 36.2. The minimum atomic E-state index is 0.328. The minimum Gasteiger partial charge on any atom is -0.375 e. The van der Waals surface area contributed by atoms with Crippen LogP contribution in [0.2, 0.25) is 0 Å². The molecule has 1 heterocycles.